The molecule has 0 aliphatic rings. The summed E-state index contributed by atoms with van der Waals surface area (Å²) in [6.45, 7) is 7.12. The Hall–Kier alpha value is -1.83. The fraction of sp³-hybridized carbons (Fsp3) is 0.438. The molecule has 0 unspecified atom stereocenters. The van der Waals surface area contributed by atoms with E-state index in [1.807, 2.05) is 39.0 Å². The molecule has 0 radical (unpaired) electrons. The molecule has 4 heteroatoms. The number of aryl methyl sites for hydroxylation is 1. The van der Waals surface area contributed by atoms with Crippen LogP contribution in [0.2, 0.25) is 0 Å². The number of hydrogen-bond donors (Lipinski definition) is 2. The fourth-order valence-corrected chi connectivity index (χ4v) is 1.66. The number of nitrogens with two attached hydrogens (primary N) is 1. The summed E-state index contributed by atoms with van der Waals surface area (Å²) in [4.78, 5) is 12.2. The quantitative estimate of drug-likeness (QED) is 0.631. The first-order chi connectivity index (χ1) is 9.54. The molecule has 3 N–H and O–H groups in total. The Bertz CT molecular complexity index is 513. The van der Waals surface area contributed by atoms with Crippen LogP contribution in [-0.4, -0.2) is 31.7 Å². The molecule has 1 amide bonds. The normalized spacial score (nSPS) is 10.1. The van der Waals surface area contributed by atoms with Gasteiger partial charge in [-0.1, -0.05) is 23.5 Å². The number of hydrogen-bond acceptors (Lipinski definition) is 3. The summed E-state index contributed by atoms with van der Waals surface area (Å²) in [5.74, 6) is 5.56. The van der Waals surface area contributed by atoms with Gasteiger partial charge >= 0.3 is 0 Å². The molecule has 1 aromatic rings. The van der Waals surface area contributed by atoms with Crippen molar-refractivity contribution >= 4 is 5.91 Å². The van der Waals surface area contributed by atoms with Crippen LogP contribution in [0.25, 0.3) is 0 Å². The minimum atomic E-state index is -0.137. The molecule has 0 atom stereocenters. The van der Waals surface area contributed by atoms with Gasteiger partial charge in [0.2, 0.25) is 0 Å². The molecular weight excluding hydrogens is 252 g/mol. The Morgan fingerprint density at radius 2 is 2.20 bits per heavy atom. The monoisotopic (exact) mass is 274 g/mol. The van der Waals surface area contributed by atoms with Crippen LogP contribution in [0.5, 0.6) is 0 Å². The number of carbonyl (C=O) groups is 1. The van der Waals surface area contributed by atoms with Crippen molar-refractivity contribution in [2.75, 3.05) is 19.7 Å². The summed E-state index contributed by atoms with van der Waals surface area (Å²) in [6, 6.07) is 5.61. The molecule has 0 bridgehead atoms. The van der Waals surface area contributed by atoms with Crippen LogP contribution >= 0.6 is 0 Å². The number of carbonyl (C=O) groups excluding carboxylic acids is 1. The van der Waals surface area contributed by atoms with Gasteiger partial charge in [-0.25, -0.2) is 0 Å². The van der Waals surface area contributed by atoms with E-state index in [-0.39, 0.29) is 18.6 Å². The van der Waals surface area contributed by atoms with Gasteiger partial charge in [-0.05, 0) is 32.9 Å². The lowest BCUT2D eigenvalue weighted by Crippen LogP contribution is -2.28. The number of amides is 1. The number of ether oxygens (including phenoxy) is 1. The van der Waals surface area contributed by atoms with Gasteiger partial charge in [-0.3, -0.25) is 4.79 Å². The van der Waals surface area contributed by atoms with E-state index in [2.05, 4.69) is 17.2 Å². The molecule has 20 heavy (non-hydrogen) atoms. The average Bonchev–Trinajstić information content (AvgIpc) is 2.41. The number of nitrogens with one attached hydrogen (secondary N) is 1. The van der Waals surface area contributed by atoms with E-state index in [9.17, 15) is 4.79 Å². The van der Waals surface area contributed by atoms with Crippen molar-refractivity contribution in [3.8, 4) is 11.8 Å². The molecule has 108 valence electrons. The highest BCUT2D eigenvalue weighted by molar-refractivity contribution is 5.96. The van der Waals surface area contributed by atoms with Gasteiger partial charge in [-0.2, -0.15) is 0 Å². The van der Waals surface area contributed by atoms with E-state index in [0.29, 0.717) is 24.3 Å². The maximum atomic E-state index is 12.2. The molecule has 1 aromatic carbocycles. The minimum Gasteiger partial charge on any atom is -0.377 e. The summed E-state index contributed by atoms with van der Waals surface area (Å²) in [5, 5.41) is 2.84. The van der Waals surface area contributed by atoms with Crippen molar-refractivity contribution in [1.29, 1.82) is 0 Å². The summed E-state index contributed by atoms with van der Waals surface area (Å²) in [5.41, 5.74) is 7.67. The highest BCUT2D eigenvalue weighted by Crippen LogP contribution is 2.10. The van der Waals surface area contributed by atoms with Gasteiger partial charge in [0.15, 0.2) is 0 Å². The van der Waals surface area contributed by atoms with Gasteiger partial charge < -0.3 is 15.8 Å². The second-order valence-electron chi connectivity index (χ2n) is 4.73. The first-order valence-corrected chi connectivity index (χ1v) is 6.74. The first kappa shape index (κ1) is 16.2. The zero-order valence-electron chi connectivity index (χ0n) is 12.3. The molecule has 4 nitrogen and oxygen atoms in total. The smallest absolute Gasteiger partial charge is 0.252 e. The Kier molecular flexibility index (Phi) is 6.78. The van der Waals surface area contributed by atoms with E-state index >= 15 is 0 Å². The van der Waals surface area contributed by atoms with Crippen LogP contribution in [0.4, 0.5) is 0 Å². The van der Waals surface area contributed by atoms with Crippen LogP contribution in [0.3, 0.4) is 0 Å². The lowest BCUT2D eigenvalue weighted by molar-refractivity contribution is 0.0746. The zero-order chi connectivity index (χ0) is 15.0. The Morgan fingerprint density at radius 1 is 1.45 bits per heavy atom. The largest absolute Gasteiger partial charge is 0.377 e. The van der Waals surface area contributed by atoms with Crippen LogP contribution in [-0.2, 0) is 4.74 Å². The maximum absolute atomic E-state index is 12.2. The van der Waals surface area contributed by atoms with E-state index in [1.54, 1.807) is 0 Å². The Balaban J connectivity index is 2.73. The van der Waals surface area contributed by atoms with Gasteiger partial charge in [0.05, 0.1) is 24.8 Å². The SMILES string of the molecule is Cc1ccc(C#CCN)c(C(=O)NCCOC(C)C)c1. The van der Waals surface area contributed by atoms with Gasteiger partial charge in [0.1, 0.15) is 0 Å². The maximum Gasteiger partial charge on any atom is 0.252 e. The van der Waals surface area contributed by atoms with Gasteiger partial charge in [0, 0.05) is 12.1 Å². The van der Waals surface area contributed by atoms with Crippen LogP contribution in [0.15, 0.2) is 18.2 Å². The van der Waals surface area contributed by atoms with Crippen molar-refractivity contribution in [3.63, 3.8) is 0 Å². The third-order valence-corrected chi connectivity index (χ3v) is 2.58. The molecule has 0 aromatic heterocycles. The molecule has 0 spiro atoms. The summed E-state index contributed by atoms with van der Waals surface area (Å²) >= 11 is 0. The topological polar surface area (TPSA) is 64.4 Å². The molecule has 0 saturated carbocycles. The molecule has 0 saturated heterocycles. The first-order valence-electron chi connectivity index (χ1n) is 6.74. The fourth-order valence-electron chi connectivity index (χ4n) is 1.66. The summed E-state index contributed by atoms with van der Waals surface area (Å²) in [7, 11) is 0. The molecule has 0 heterocycles. The van der Waals surface area contributed by atoms with Crippen LogP contribution in [0.1, 0.15) is 35.3 Å². The van der Waals surface area contributed by atoms with E-state index in [4.69, 9.17) is 10.5 Å². The molecule has 0 aliphatic carbocycles. The Labute approximate surface area is 120 Å². The predicted molar refractivity (Wildman–Crippen MR) is 80.5 cm³/mol. The zero-order valence-corrected chi connectivity index (χ0v) is 12.3. The van der Waals surface area contributed by atoms with Crippen molar-refractivity contribution in [1.82, 2.24) is 5.32 Å². The molecule has 0 fully saturated rings. The van der Waals surface area contributed by atoms with Crippen molar-refractivity contribution in [2.24, 2.45) is 5.73 Å². The van der Waals surface area contributed by atoms with E-state index in [0.717, 1.165) is 5.56 Å². The van der Waals surface area contributed by atoms with Crippen LogP contribution < -0.4 is 11.1 Å². The second kappa shape index (κ2) is 8.36. The lowest BCUT2D eigenvalue weighted by atomic mass is 10.0. The third kappa shape index (κ3) is 5.43. The van der Waals surface area contributed by atoms with E-state index in [1.165, 1.54) is 0 Å². The highest BCUT2D eigenvalue weighted by Gasteiger charge is 2.10. The van der Waals surface area contributed by atoms with Crippen LogP contribution in [0, 0.1) is 18.8 Å². The lowest BCUT2D eigenvalue weighted by Gasteiger charge is -2.10. The predicted octanol–water partition coefficient (Wildman–Crippen LogP) is 1.46. The van der Waals surface area contributed by atoms with Gasteiger partial charge in [-0.15, -0.1) is 0 Å². The average molecular weight is 274 g/mol. The summed E-state index contributed by atoms with van der Waals surface area (Å²) in [6.07, 6.45) is 0.164. The minimum absolute atomic E-state index is 0.137. The molecule has 0 aliphatic heterocycles. The number of benzene rings is 1. The number of rotatable bonds is 5. The van der Waals surface area contributed by atoms with E-state index < -0.39 is 0 Å². The standard InChI is InChI=1S/C16H22N2O2/c1-12(2)20-10-9-18-16(19)15-11-13(3)6-7-14(15)5-4-8-17/h6-7,11-12H,8-10,17H2,1-3H3,(H,18,19). The Morgan fingerprint density at radius 3 is 2.85 bits per heavy atom. The third-order valence-electron chi connectivity index (χ3n) is 2.58. The summed E-state index contributed by atoms with van der Waals surface area (Å²) < 4.78 is 5.39. The van der Waals surface area contributed by atoms with Crippen molar-refractivity contribution in [2.45, 2.75) is 26.9 Å². The molecule has 1 rings (SSSR count). The van der Waals surface area contributed by atoms with Crippen molar-refractivity contribution in [3.05, 3.63) is 34.9 Å². The highest BCUT2D eigenvalue weighted by atomic mass is 16.5. The second-order valence-corrected chi connectivity index (χ2v) is 4.73. The molecular formula is C16H22N2O2. The van der Waals surface area contributed by atoms with Crippen molar-refractivity contribution < 1.29 is 9.53 Å². The van der Waals surface area contributed by atoms with Gasteiger partial charge in [0.25, 0.3) is 5.91 Å².